The van der Waals surface area contributed by atoms with Gasteiger partial charge < -0.3 is 5.11 Å². The Labute approximate surface area is 131 Å². The van der Waals surface area contributed by atoms with Crippen molar-refractivity contribution in [1.82, 2.24) is 19.7 Å². The molecule has 1 aromatic carbocycles. The molecule has 1 N–H and O–H groups in total. The molecule has 0 aliphatic carbocycles. The van der Waals surface area contributed by atoms with E-state index in [1.807, 2.05) is 6.07 Å². The van der Waals surface area contributed by atoms with Gasteiger partial charge in [0.25, 0.3) is 0 Å². The molecule has 3 aromatic rings. The molecule has 0 unspecified atom stereocenters. The number of benzene rings is 1. The number of hydrogen-bond acceptors (Lipinski definition) is 5. The first-order valence-corrected chi connectivity index (χ1v) is 6.99. The second-order valence-electron chi connectivity index (χ2n) is 5.18. The number of rotatable bonds is 4. The van der Waals surface area contributed by atoms with E-state index < -0.39 is 5.97 Å². The van der Waals surface area contributed by atoms with Crippen LogP contribution >= 0.6 is 0 Å². The van der Waals surface area contributed by atoms with Crippen molar-refractivity contribution in [3.05, 3.63) is 42.0 Å². The monoisotopic (exact) mass is 310 g/mol. The zero-order valence-electron chi connectivity index (χ0n) is 12.6. The van der Waals surface area contributed by atoms with Crippen LogP contribution in [0.25, 0.3) is 22.2 Å². The van der Waals surface area contributed by atoms with E-state index in [0.717, 1.165) is 11.3 Å². The van der Waals surface area contributed by atoms with E-state index in [2.05, 4.69) is 15.1 Å². The average molecular weight is 310 g/mol. The molecule has 0 aliphatic heterocycles. The van der Waals surface area contributed by atoms with Crippen LogP contribution in [0.2, 0.25) is 0 Å². The van der Waals surface area contributed by atoms with Crippen molar-refractivity contribution < 1.29 is 14.7 Å². The third kappa shape index (κ3) is 2.80. The van der Waals surface area contributed by atoms with Crippen LogP contribution in [-0.2, 0) is 11.3 Å². The summed E-state index contributed by atoms with van der Waals surface area (Å²) in [5.74, 6) is -0.578. The molecule has 0 saturated heterocycles. The SMILES string of the molecule is CC(=O)c1nn(CC(=O)O)c2ccc(-c3ccnc(C)n3)cc12. The molecule has 116 valence electrons. The highest BCUT2D eigenvalue weighted by Gasteiger charge is 2.16. The van der Waals surface area contributed by atoms with Gasteiger partial charge in [0.15, 0.2) is 5.78 Å². The third-order valence-electron chi connectivity index (χ3n) is 3.44. The summed E-state index contributed by atoms with van der Waals surface area (Å²) in [4.78, 5) is 31.2. The Kier molecular flexibility index (Phi) is 3.61. The number of carboxylic acids is 1. The van der Waals surface area contributed by atoms with Crippen LogP contribution in [0.1, 0.15) is 23.2 Å². The van der Waals surface area contributed by atoms with Crippen LogP contribution in [0.5, 0.6) is 0 Å². The first-order valence-electron chi connectivity index (χ1n) is 6.99. The quantitative estimate of drug-likeness (QED) is 0.741. The van der Waals surface area contributed by atoms with Crippen molar-refractivity contribution >= 4 is 22.7 Å². The number of Topliss-reactive ketones (excluding diaryl/α,β-unsaturated/α-hetero) is 1. The minimum absolute atomic E-state index is 0.213. The third-order valence-corrected chi connectivity index (χ3v) is 3.44. The number of carbonyl (C=O) groups excluding carboxylic acids is 1. The number of hydrogen-bond donors (Lipinski definition) is 1. The van der Waals surface area contributed by atoms with Gasteiger partial charge in [-0.25, -0.2) is 9.97 Å². The number of aliphatic carboxylic acids is 1. The van der Waals surface area contributed by atoms with Gasteiger partial charge in [-0.05, 0) is 25.1 Å². The normalized spacial score (nSPS) is 10.9. The van der Waals surface area contributed by atoms with Gasteiger partial charge >= 0.3 is 5.97 Å². The van der Waals surface area contributed by atoms with Crippen LogP contribution in [0.4, 0.5) is 0 Å². The van der Waals surface area contributed by atoms with Gasteiger partial charge in [0, 0.05) is 24.1 Å². The molecule has 0 fully saturated rings. The highest BCUT2D eigenvalue weighted by atomic mass is 16.4. The Morgan fingerprint density at radius 2 is 2.04 bits per heavy atom. The van der Waals surface area contributed by atoms with Crippen molar-refractivity contribution in [3.8, 4) is 11.3 Å². The molecule has 0 aliphatic rings. The first-order chi connectivity index (χ1) is 11.0. The molecular formula is C16H14N4O3. The van der Waals surface area contributed by atoms with Crippen LogP contribution in [0.15, 0.2) is 30.5 Å². The van der Waals surface area contributed by atoms with Crippen LogP contribution in [0, 0.1) is 6.92 Å². The standard InChI is InChI=1S/C16H14N4O3/c1-9(21)16-12-7-11(13-5-6-17-10(2)18-13)3-4-14(12)20(19-16)8-15(22)23/h3-7H,8H2,1-2H3,(H,22,23). The van der Waals surface area contributed by atoms with E-state index in [-0.39, 0.29) is 18.0 Å². The second kappa shape index (κ2) is 5.60. The summed E-state index contributed by atoms with van der Waals surface area (Å²) in [7, 11) is 0. The number of carboxylic acid groups (broad SMARTS) is 1. The van der Waals surface area contributed by atoms with Crippen LogP contribution in [-0.4, -0.2) is 36.6 Å². The Balaban J connectivity index is 2.20. The topological polar surface area (TPSA) is 98.0 Å². The van der Waals surface area contributed by atoms with Gasteiger partial charge in [-0.15, -0.1) is 0 Å². The molecule has 0 amide bonds. The van der Waals surface area contributed by atoms with Gasteiger partial charge in [0.05, 0.1) is 11.2 Å². The molecule has 3 rings (SSSR count). The lowest BCUT2D eigenvalue weighted by atomic mass is 10.1. The van der Waals surface area contributed by atoms with Crippen molar-refractivity contribution in [3.63, 3.8) is 0 Å². The highest BCUT2D eigenvalue weighted by Crippen LogP contribution is 2.26. The summed E-state index contributed by atoms with van der Waals surface area (Å²) in [6.07, 6.45) is 1.67. The van der Waals surface area contributed by atoms with E-state index >= 15 is 0 Å². The predicted molar refractivity (Wildman–Crippen MR) is 83.1 cm³/mol. The second-order valence-corrected chi connectivity index (χ2v) is 5.18. The number of fused-ring (bicyclic) bond motifs is 1. The number of aryl methyl sites for hydroxylation is 1. The molecule has 0 radical (unpaired) electrons. The lowest BCUT2D eigenvalue weighted by Gasteiger charge is -2.03. The van der Waals surface area contributed by atoms with Crippen LogP contribution < -0.4 is 0 Å². The molecule has 0 bridgehead atoms. The average Bonchev–Trinajstić information content (AvgIpc) is 2.85. The molecule has 0 atom stereocenters. The number of carbonyl (C=O) groups is 2. The summed E-state index contributed by atoms with van der Waals surface area (Å²) >= 11 is 0. The van der Waals surface area contributed by atoms with Gasteiger partial charge in [-0.1, -0.05) is 6.07 Å². The zero-order chi connectivity index (χ0) is 16.6. The Morgan fingerprint density at radius 3 is 2.70 bits per heavy atom. The molecule has 23 heavy (non-hydrogen) atoms. The van der Waals surface area contributed by atoms with Crippen molar-refractivity contribution in [2.45, 2.75) is 20.4 Å². The van der Waals surface area contributed by atoms with E-state index in [1.54, 1.807) is 31.3 Å². The maximum atomic E-state index is 11.8. The van der Waals surface area contributed by atoms with Crippen LogP contribution in [0.3, 0.4) is 0 Å². The minimum atomic E-state index is -1.01. The van der Waals surface area contributed by atoms with Crippen molar-refractivity contribution in [1.29, 1.82) is 0 Å². The van der Waals surface area contributed by atoms with E-state index in [1.165, 1.54) is 11.6 Å². The highest BCUT2D eigenvalue weighted by molar-refractivity contribution is 6.06. The molecule has 0 saturated carbocycles. The number of aromatic nitrogens is 4. The maximum Gasteiger partial charge on any atom is 0.325 e. The molecule has 2 heterocycles. The van der Waals surface area contributed by atoms with E-state index in [9.17, 15) is 9.59 Å². The summed E-state index contributed by atoms with van der Waals surface area (Å²) < 4.78 is 1.32. The summed E-state index contributed by atoms with van der Waals surface area (Å²) in [6, 6.07) is 7.17. The predicted octanol–water partition coefficient (Wildman–Crippen LogP) is 2.09. The number of ketones is 1. The first kappa shape index (κ1) is 14.8. The molecule has 2 aromatic heterocycles. The molecule has 7 heteroatoms. The van der Waals surface area contributed by atoms with E-state index in [4.69, 9.17) is 5.11 Å². The largest absolute Gasteiger partial charge is 0.480 e. The lowest BCUT2D eigenvalue weighted by Crippen LogP contribution is -2.10. The fourth-order valence-corrected chi connectivity index (χ4v) is 2.46. The minimum Gasteiger partial charge on any atom is -0.480 e. The fraction of sp³-hybridized carbons (Fsp3) is 0.188. The summed E-state index contributed by atoms with van der Waals surface area (Å²) in [5, 5.41) is 13.7. The Bertz CT molecular complexity index is 930. The molecule has 0 spiro atoms. The van der Waals surface area contributed by atoms with Gasteiger partial charge in [-0.3, -0.25) is 14.3 Å². The fourth-order valence-electron chi connectivity index (χ4n) is 2.46. The van der Waals surface area contributed by atoms with Gasteiger partial charge in [-0.2, -0.15) is 5.10 Å². The lowest BCUT2D eigenvalue weighted by molar-refractivity contribution is -0.137. The summed E-state index contributed by atoms with van der Waals surface area (Å²) in [6.45, 7) is 2.91. The van der Waals surface area contributed by atoms with E-state index in [0.29, 0.717) is 16.7 Å². The Hall–Kier alpha value is -3.09. The maximum absolute atomic E-state index is 11.8. The van der Waals surface area contributed by atoms with Crippen molar-refractivity contribution in [2.24, 2.45) is 0 Å². The van der Waals surface area contributed by atoms with Gasteiger partial charge in [0.2, 0.25) is 0 Å². The number of nitrogens with zero attached hydrogens (tertiary/aromatic N) is 4. The molecule has 7 nitrogen and oxygen atoms in total. The Morgan fingerprint density at radius 1 is 1.26 bits per heavy atom. The smallest absolute Gasteiger partial charge is 0.325 e. The summed E-state index contributed by atoms with van der Waals surface area (Å²) in [5.41, 5.74) is 2.42. The van der Waals surface area contributed by atoms with Crippen molar-refractivity contribution in [2.75, 3.05) is 0 Å². The molecular weight excluding hydrogens is 296 g/mol. The van der Waals surface area contributed by atoms with Gasteiger partial charge in [0.1, 0.15) is 18.1 Å². The zero-order valence-corrected chi connectivity index (χ0v) is 12.6.